The van der Waals surface area contributed by atoms with E-state index in [-0.39, 0.29) is 6.10 Å². The van der Waals surface area contributed by atoms with Crippen LogP contribution in [0.25, 0.3) is 0 Å². The predicted octanol–water partition coefficient (Wildman–Crippen LogP) is 2.38. The first-order valence-electron chi connectivity index (χ1n) is 4.40. The van der Waals surface area contributed by atoms with Crippen molar-refractivity contribution in [2.24, 2.45) is 0 Å². The van der Waals surface area contributed by atoms with Gasteiger partial charge in [0.1, 0.15) is 5.60 Å². The molecule has 0 aromatic carbocycles. The highest BCUT2D eigenvalue weighted by Crippen LogP contribution is 2.25. The summed E-state index contributed by atoms with van der Waals surface area (Å²) in [6, 6.07) is 3.86. The van der Waals surface area contributed by atoms with E-state index in [1.165, 1.54) is 0 Å². The van der Waals surface area contributed by atoms with Crippen LogP contribution in [0.4, 0.5) is 0 Å². The Morgan fingerprint density at radius 3 is 2.77 bits per heavy atom. The molecule has 0 saturated carbocycles. The Hall–Kier alpha value is -0.380. The Morgan fingerprint density at radius 2 is 2.31 bits per heavy atom. The molecule has 74 valence electrons. The summed E-state index contributed by atoms with van der Waals surface area (Å²) in [5, 5.41) is 12.0. The van der Waals surface area contributed by atoms with E-state index < -0.39 is 5.60 Å². The van der Waals surface area contributed by atoms with Gasteiger partial charge < -0.3 is 9.84 Å². The van der Waals surface area contributed by atoms with Gasteiger partial charge in [0.2, 0.25) is 0 Å². The van der Waals surface area contributed by atoms with Crippen molar-refractivity contribution in [1.29, 1.82) is 0 Å². The smallest absolute Gasteiger partial charge is 0.119 e. The minimum atomic E-state index is -0.849. The van der Waals surface area contributed by atoms with E-state index in [0.717, 1.165) is 4.88 Å². The molecule has 0 aliphatic rings. The average molecular weight is 200 g/mol. The minimum absolute atomic E-state index is 0.159. The summed E-state index contributed by atoms with van der Waals surface area (Å²) in [6.45, 7) is 6.06. The van der Waals surface area contributed by atoms with E-state index in [0.29, 0.717) is 6.61 Å². The van der Waals surface area contributed by atoms with Crippen LogP contribution >= 0.6 is 11.3 Å². The molecule has 0 amide bonds. The maximum absolute atomic E-state index is 10.0. The fraction of sp³-hybridized carbons (Fsp3) is 0.600. The summed E-state index contributed by atoms with van der Waals surface area (Å²) in [5.74, 6) is 0. The zero-order valence-electron chi connectivity index (χ0n) is 8.28. The fourth-order valence-corrected chi connectivity index (χ4v) is 1.76. The molecule has 0 fully saturated rings. The van der Waals surface area contributed by atoms with Gasteiger partial charge >= 0.3 is 0 Å². The van der Waals surface area contributed by atoms with Gasteiger partial charge in [0.15, 0.2) is 0 Å². The quantitative estimate of drug-likeness (QED) is 0.808. The predicted molar refractivity (Wildman–Crippen MR) is 55.0 cm³/mol. The van der Waals surface area contributed by atoms with Crippen molar-refractivity contribution < 1.29 is 9.84 Å². The Balaban J connectivity index is 2.56. The highest BCUT2D eigenvalue weighted by molar-refractivity contribution is 7.10. The molecule has 1 rings (SSSR count). The van der Waals surface area contributed by atoms with Gasteiger partial charge in [-0.1, -0.05) is 6.07 Å². The molecule has 1 atom stereocenters. The molecule has 0 spiro atoms. The van der Waals surface area contributed by atoms with E-state index in [4.69, 9.17) is 4.74 Å². The standard InChI is InChI=1S/C10H16O2S/c1-8(2)12-7-10(3,11)9-5-4-6-13-9/h4-6,8,11H,7H2,1-3H3. The Labute approximate surface area is 83.2 Å². The first-order valence-corrected chi connectivity index (χ1v) is 5.28. The van der Waals surface area contributed by atoms with Crippen molar-refractivity contribution in [3.8, 4) is 0 Å². The van der Waals surface area contributed by atoms with Crippen LogP contribution < -0.4 is 0 Å². The average Bonchev–Trinajstić information content (AvgIpc) is 2.53. The van der Waals surface area contributed by atoms with Gasteiger partial charge in [-0.15, -0.1) is 11.3 Å². The van der Waals surface area contributed by atoms with Crippen molar-refractivity contribution in [1.82, 2.24) is 0 Å². The summed E-state index contributed by atoms with van der Waals surface area (Å²) < 4.78 is 5.39. The third-order valence-electron chi connectivity index (χ3n) is 1.75. The van der Waals surface area contributed by atoms with Crippen LogP contribution in [0.15, 0.2) is 17.5 Å². The zero-order valence-corrected chi connectivity index (χ0v) is 9.10. The molecular weight excluding hydrogens is 184 g/mol. The molecule has 13 heavy (non-hydrogen) atoms. The molecule has 1 unspecified atom stereocenters. The minimum Gasteiger partial charge on any atom is -0.382 e. The van der Waals surface area contributed by atoms with Crippen LogP contribution in [0, 0.1) is 0 Å². The van der Waals surface area contributed by atoms with Gasteiger partial charge in [-0.2, -0.15) is 0 Å². The number of hydrogen-bond donors (Lipinski definition) is 1. The molecule has 0 bridgehead atoms. The van der Waals surface area contributed by atoms with Crippen molar-refractivity contribution in [2.75, 3.05) is 6.61 Å². The monoisotopic (exact) mass is 200 g/mol. The summed E-state index contributed by atoms with van der Waals surface area (Å²) in [7, 11) is 0. The van der Waals surface area contributed by atoms with Crippen molar-refractivity contribution in [2.45, 2.75) is 32.5 Å². The molecule has 2 nitrogen and oxygen atoms in total. The number of hydrogen-bond acceptors (Lipinski definition) is 3. The van der Waals surface area contributed by atoms with E-state index in [2.05, 4.69) is 0 Å². The van der Waals surface area contributed by atoms with Gasteiger partial charge in [-0.3, -0.25) is 0 Å². The molecule has 1 N–H and O–H groups in total. The molecule has 3 heteroatoms. The Bertz CT molecular complexity index is 239. The molecule has 0 saturated heterocycles. The van der Waals surface area contributed by atoms with Gasteiger partial charge in [0.25, 0.3) is 0 Å². The van der Waals surface area contributed by atoms with Crippen molar-refractivity contribution in [3.05, 3.63) is 22.4 Å². The summed E-state index contributed by atoms with van der Waals surface area (Å²) >= 11 is 1.55. The van der Waals surface area contributed by atoms with E-state index in [1.54, 1.807) is 18.3 Å². The topological polar surface area (TPSA) is 29.5 Å². The van der Waals surface area contributed by atoms with Crippen LogP contribution in [0.2, 0.25) is 0 Å². The second-order valence-electron chi connectivity index (χ2n) is 3.61. The summed E-state index contributed by atoms with van der Waals surface area (Å²) in [5.41, 5.74) is -0.849. The molecule has 1 aromatic heterocycles. The maximum atomic E-state index is 10.0. The summed E-state index contributed by atoms with van der Waals surface area (Å²) in [6.07, 6.45) is 0.159. The fourth-order valence-electron chi connectivity index (χ4n) is 0.985. The van der Waals surface area contributed by atoms with Gasteiger partial charge in [-0.05, 0) is 32.2 Å². The van der Waals surface area contributed by atoms with Crippen LogP contribution in [0.5, 0.6) is 0 Å². The molecule has 0 radical (unpaired) electrons. The Morgan fingerprint density at radius 1 is 1.62 bits per heavy atom. The molecule has 1 heterocycles. The number of ether oxygens (including phenoxy) is 1. The Kier molecular flexibility index (Phi) is 3.47. The van der Waals surface area contributed by atoms with E-state index >= 15 is 0 Å². The third kappa shape index (κ3) is 3.10. The number of aliphatic hydroxyl groups is 1. The van der Waals surface area contributed by atoms with E-state index in [1.807, 2.05) is 31.4 Å². The highest BCUT2D eigenvalue weighted by Gasteiger charge is 2.24. The second-order valence-corrected chi connectivity index (χ2v) is 4.56. The SMILES string of the molecule is CC(C)OCC(C)(O)c1cccs1. The zero-order chi connectivity index (χ0) is 9.90. The largest absolute Gasteiger partial charge is 0.382 e. The van der Waals surface area contributed by atoms with Gasteiger partial charge in [-0.25, -0.2) is 0 Å². The highest BCUT2D eigenvalue weighted by atomic mass is 32.1. The lowest BCUT2D eigenvalue weighted by Gasteiger charge is -2.22. The molecule has 1 aromatic rings. The first-order chi connectivity index (χ1) is 6.02. The molecule has 0 aliphatic carbocycles. The second kappa shape index (κ2) is 4.22. The lowest BCUT2D eigenvalue weighted by molar-refractivity contribution is -0.0553. The summed E-state index contributed by atoms with van der Waals surface area (Å²) in [4.78, 5) is 0.952. The van der Waals surface area contributed by atoms with Gasteiger partial charge in [0, 0.05) is 4.88 Å². The van der Waals surface area contributed by atoms with Crippen molar-refractivity contribution in [3.63, 3.8) is 0 Å². The maximum Gasteiger partial charge on any atom is 0.119 e. The third-order valence-corrected chi connectivity index (χ3v) is 2.87. The van der Waals surface area contributed by atoms with Crippen LogP contribution in [0.1, 0.15) is 25.6 Å². The lowest BCUT2D eigenvalue weighted by Crippen LogP contribution is -2.28. The van der Waals surface area contributed by atoms with Crippen LogP contribution in [-0.2, 0) is 10.3 Å². The number of thiophene rings is 1. The van der Waals surface area contributed by atoms with E-state index in [9.17, 15) is 5.11 Å². The molecular formula is C10H16O2S. The number of rotatable bonds is 4. The first kappa shape index (κ1) is 10.7. The van der Waals surface area contributed by atoms with Gasteiger partial charge in [0.05, 0.1) is 12.7 Å². The van der Waals surface area contributed by atoms with Crippen LogP contribution in [-0.4, -0.2) is 17.8 Å². The molecule has 0 aliphatic heterocycles. The van der Waals surface area contributed by atoms with Crippen molar-refractivity contribution >= 4 is 11.3 Å². The lowest BCUT2D eigenvalue weighted by atomic mass is 10.1. The van der Waals surface area contributed by atoms with Crippen LogP contribution in [0.3, 0.4) is 0 Å². The normalized spacial score (nSPS) is 16.1.